The first-order chi connectivity index (χ1) is 13.9. The van der Waals surface area contributed by atoms with E-state index in [4.69, 9.17) is 16.3 Å². The van der Waals surface area contributed by atoms with Crippen LogP contribution in [0.4, 0.5) is 5.69 Å². The Labute approximate surface area is 173 Å². The largest absolute Gasteiger partial charge is 0.454 e. The number of Topliss-reactive ketones (excluding diaryl/α,β-unsaturated/α-hetero) is 1. The molecule has 5 nitrogen and oxygen atoms in total. The van der Waals surface area contributed by atoms with Crippen molar-refractivity contribution < 1.29 is 19.1 Å². The fraction of sp³-hybridized carbons (Fsp3) is 0.0870. The Morgan fingerprint density at radius 3 is 2.14 bits per heavy atom. The summed E-state index contributed by atoms with van der Waals surface area (Å²) < 4.78 is 5.09. The van der Waals surface area contributed by atoms with Crippen LogP contribution >= 0.6 is 11.6 Å². The molecule has 6 heteroatoms. The number of halogens is 1. The van der Waals surface area contributed by atoms with Gasteiger partial charge in [0.2, 0.25) is 0 Å². The second-order valence-corrected chi connectivity index (χ2v) is 6.78. The highest BCUT2D eigenvalue weighted by Gasteiger charge is 2.13. The van der Waals surface area contributed by atoms with E-state index in [0.29, 0.717) is 21.8 Å². The maximum absolute atomic E-state index is 12.3. The molecule has 0 aromatic heterocycles. The summed E-state index contributed by atoms with van der Waals surface area (Å²) in [4.78, 5) is 36.5. The molecule has 0 fully saturated rings. The number of rotatable bonds is 6. The summed E-state index contributed by atoms with van der Waals surface area (Å²) in [6.45, 7) is 1.59. The fourth-order valence-electron chi connectivity index (χ4n) is 2.57. The minimum absolute atomic E-state index is 0.275. The maximum atomic E-state index is 12.3. The SMILES string of the molecule is Cc1ccc(C(=O)COC(=O)c2ccc(NC(=O)c3ccccc3Cl)cc2)cc1. The summed E-state index contributed by atoms with van der Waals surface area (Å²) in [6.07, 6.45) is 0. The lowest BCUT2D eigenvalue weighted by atomic mass is 10.1. The predicted molar refractivity (Wildman–Crippen MR) is 112 cm³/mol. The van der Waals surface area contributed by atoms with Gasteiger partial charge < -0.3 is 10.1 Å². The molecule has 0 saturated heterocycles. The monoisotopic (exact) mass is 407 g/mol. The van der Waals surface area contributed by atoms with Crippen molar-refractivity contribution in [2.45, 2.75) is 6.92 Å². The third kappa shape index (κ3) is 5.30. The number of ketones is 1. The van der Waals surface area contributed by atoms with E-state index in [-0.39, 0.29) is 23.9 Å². The van der Waals surface area contributed by atoms with Crippen LogP contribution in [0.25, 0.3) is 0 Å². The van der Waals surface area contributed by atoms with Gasteiger partial charge in [-0.15, -0.1) is 0 Å². The van der Waals surface area contributed by atoms with E-state index < -0.39 is 5.97 Å². The molecule has 0 atom stereocenters. The van der Waals surface area contributed by atoms with Crippen molar-refractivity contribution in [3.05, 3.63) is 100 Å². The van der Waals surface area contributed by atoms with E-state index >= 15 is 0 Å². The minimum atomic E-state index is -0.616. The zero-order chi connectivity index (χ0) is 20.8. The van der Waals surface area contributed by atoms with Gasteiger partial charge in [0, 0.05) is 11.3 Å². The summed E-state index contributed by atoms with van der Waals surface area (Å²) in [6, 6.07) is 19.9. The maximum Gasteiger partial charge on any atom is 0.338 e. The molecule has 0 aliphatic rings. The number of esters is 1. The Kier molecular flexibility index (Phi) is 6.42. The molecule has 3 rings (SSSR count). The van der Waals surface area contributed by atoms with Crippen molar-refractivity contribution >= 4 is 34.9 Å². The summed E-state index contributed by atoms with van der Waals surface area (Å²) in [7, 11) is 0. The zero-order valence-corrected chi connectivity index (χ0v) is 16.4. The molecule has 0 saturated carbocycles. The smallest absolute Gasteiger partial charge is 0.338 e. The number of ether oxygens (including phenoxy) is 1. The molecule has 3 aromatic rings. The first kappa shape index (κ1) is 20.3. The first-order valence-corrected chi connectivity index (χ1v) is 9.25. The van der Waals surface area contributed by atoms with Gasteiger partial charge in [-0.25, -0.2) is 4.79 Å². The highest BCUT2D eigenvalue weighted by Crippen LogP contribution is 2.18. The quantitative estimate of drug-likeness (QED) is 0.464. The van der Waals surface area contributed by atoms with Crippen LogP contribution in [0.5, 0.6) is 0 Å². The average molecular weight is 408 g/mol. The highest BCUT2D eigenvalue weighted by atomic mass is 35.5. The van der Waals surface area contributed by atoms with Gasteiger partial charge in [0.1, 0.15) is 0 Å². The van der Waals surface area contributed by atoms with Crippen LogP contribution in [-0.2, 0) is 4.74 Å². The zero-order valence-electron chi connectivity index (χ0n) is 15.6. The Morgan fingerprint density at radius 1 is 0.862 bits per heavy atom. The average Bonchev–Trinajstić information content (AvgIpc) is 2.73. The van der Waals surface area contributed by atoms with Gasteiger partial charge in [0.25, 0.3) is 5.91 Å². The van der Waals surface area contributed by atoms with Gasteiger partial charge in [0.15, 0.2) is 12.4 Å². The molecular formula is C23H18ClNO4. The van der Waals surface area contributed by atoms with E-state index in [2.05, 4.69) is 5.32 Å². The minimum Gasteiger partial charge on any atom is -0.454 e. The van der Waals surface area contributed by atoms with Gasteiger partial charge >= 0.3 is 5.97 Å². The molecule has 0 radical (unpaired) electrons. The topological polar surface area (TPSA) is 72.5 Å². The number of benzene rings is 3. The van der Waals surface area contributed by atoms with E-state index in [9.17, 15) is 14.4 Å². The molecular weight excluding hydrogens is 390 g/mol. The van der Waals surface area contributed by atoms with Crippen molar-refractivity contribution in [3.8, 4) is 0 Å². The van der Waals surface area contributed by atoms with Crippen LogP contribution < -0.4 is 5.32 Å². The summed E-state index contributed by atoms with van der Waals surface area (Å²) in [5.41, 5.74) is 2.66. The van der Waals surface area contributed by atoms with Crippen LogP contribution in [0.2, 0.25) is 5.02 Å². The van der Waals surface area contributed by atoms with Crippen LogP contribution in [0.3, 0.4) is 0 Å². The molecule has 0 spiro atoms. The lowest BCUT2D eigenvalue weighted by molar-refractivity contribution is 0.0475. The first-order valence-electron chi connectivity index (χ1n) is 8.87. The highest BCUT2D eigenvalue weighted by molar-refractivity contribution is 6.34. The second-order valence-electron chi connectivity index (χ2n) is 6.38. The molecule has 29 heavy (non-hydrogen) atoms. The number of hydrogen-bond donors (Lipinski definition) is 1. The van der Waals surface area contributed by atoms with Crippen LogP contribution in [0, 0.1) is 6.92 Å². The number of nitrogens with one attached hydrogen (secondary N) is 1. The van der Waals surface area contributed by atoms with Crippen molar-refractivity contribution in [3.63, 3.8) is 0 Å². The molecule has 0 unspecified atom stereocenters. The lowest BCUT2D eigenvalue weighted by Crippen LogP contribution is -2.15. The predicted octanol–water partition coefficient (Wildman–Crippen LogP) is 4.94. The van der Waals surface area contributed by atoms with Gasteiger partial charge in [-0.2, -0.15) is 0 Å². The number of carbonyl (C=O) groups excluding carboxylic acids is 3. The summed E-state index contributed by atoms with van der Waals surface area (Å²) in [5.74, 6) is -1.24. The van der Waals surface area contributed by atoms with Crippen LogP contribution in [0.1, 0.15) is 36.6 Å². The van der Waals surface area contributed by atoms with Crippen molar-refractivity contribution in [1.29, 1.82) is 0 Å². The summed E-state index contributed by atoms with van der Waals surface area (Å²) in [5, 5.41) is 3.06. The number of hydrogen-bond acceptors (Lipinski definition) is 4. The van der Waals surface area contributed by atoms with Gasteiger partial charge in [-0.05, 0) is 43.3 Å². The molecule has 0 aliphatic carbocycles. The Hall–Kier alpha value is -3.44. The molecule has 1 amide bonds. The Bertz CT molecular complexity index is 1040. The van der Waals surface area contributed by atoms with Crippen LogP contribution in [0.15, 0.2) is 72.8 Å². The van der Waals surface area contributed by atoms with Gasteiger partial charge in [-0.3, -0.25) is 9.59 Å². The van der Waals surface area contributed by atoms with E-state index in [1.54, 1.807) is 48.5 Å². The number of aryl methyl sites for hydroxylation is 1. The van der Waals surface area contributed by atoms with E-state index in [1.807, 2.05) is 19.1 Å². The number of carbonyl (C=O) groups is 3. The summed E-state index contributed by atoms with van der Waals surface area (Å²) >= 11 is 6.01. The molecule has 0 bridgehead atoms. The Morgan fingerprint density at radius 2 is 1.48 bits per heavy atom. The molecule has 146 valence electrons. The van der Waals surface area contributed by atoms with Gasteiger partial charge in [-0.1, -0.05) is 53.6 Å². The normalized spacial score (nSPS) is 10.3. The lowest BCUT2D eigenvalue weighted by Gasteiger charge is -2.08. The number of anilines is 1. The molecule has 0 heterocycles. The van der Waals surface area contributed by atoms with Crippen LogP contribution in [-0.4, -0.2) is 24.3 Å². The standard InChI is InChI=1S/C23H18ClNO4/c1-15-6-8-16(9-7-15)21(26)14-29-23(28)17-10-12-18(13-11-17)25-22(27)19-4-2-3-5-20(19)24/h2-13H,14H2,1H3,(H,25,27). The molecule has 1 N–H and O–H groups in total. The van der Waals surface area contributed by atoms with E-state index in [1.165, 1.54) is 12.1 Å². The molecule has 0 aliphatic heterocycles. The Balaban J connectivity index is 1.57. The van der Waals surface area contributed by atoms with Crippen molar-refractivity contribution in [2.75, 3.05) is 11.9 Å². The number of amides is 1. The van der Waals surface area contributed by atoms with E-state index in [0.717, 1.165) is 5.56 Å². The van der Waals surface area contributed by atoms with Crippen molar-refractivity contribution in [2.24, 2.45) is 0 Å². The fourth-order valence-corrected chi connectivity index (χ4v) is 2.79. The van der Waals surface area contributed by atoms with Gasteiger partial charge in [0.05, 0.1) is 16.1 Å². The second kappa shape index (κ2) is 9.17. The van der Waals surface area contributed by atoms with Crippen molar-refractivity contribution in [1.82, 2.24) is 0 Å². The third-order valence-corrected chi connectivity index (χ3v) is 4.53. The third-order valence-electron chi connectivity index (χ3n) is 4.20. The molecule has 3 aromatic carbocycles.